The second kappa shape index (κ2) is 10.5. The standard InChI is InChI=1S/C24H18ClFN2O4S/c25-18-5-1-4-8-21(18)32-22(29)14-31-23(30)15-33-24-27-19-6-2-3-7-20(19)28(24)13-16-9-11-17(26)12-10-16/h1-12H,13-15H2. The molecule has 6 nitrogen and oxygen atoms in total. The molecule has 9 heteroatoms. The Morgan fingerprint density at radius 3 is 2.48 bits per heavy atom. The molecular weight excluding hydrogens is 467 g/mol. The number of hydrogen-bond donors (Lipinski definition) is 0. The summed E-state index contributed by atoms with van der Waals surface area (Å²) < 4.78 is 25.3. The van der Waals surface area contributed by atoms with Crippen molar-refractivity contribution in [3.63, 3.8) is 0 Å². The molecule has 1 aromatic heterocycles. The van der Waals surface area contributed by atoms with Gasteiger partial charge in [0.15, 0.2) is 11.8 Å². The molecule has 3 aromatic carbocycles. The van der Waals surface area contributed by atoms with Gasteiger partial charge in [0.25, 0.3) is 0 Å². The molecule has 0 N–H and O–H groups in total. The van der Waals surface area contributed by atoms with Gasteiger partial charge in [-0.3, -0.25) is 4.79 Å². The third-order valence-electron chi connectivity index (χ3n) is 4.60. The summed E-state index contributed by atoms with van der Waals surface area (Å²) in [5, 5.41) is 0.893. The lowest BCUT2D eigenvalue weighted by Gasteiger charge is -2.09. The zero-order valence-electron chi connectivity index (χ0n) is 17.2. The minimum Gasteiger partial charge on any atom is -0.453 e. The first kappa shape index (κ1) is 22.8. The van der Waals surface area contributed by atoms with Gasteiger partial charge in [0.2, 0.25) is 0 Å². The summed E-state index contributed by atoms with van der Waals surface area (Å²) in [6.07, 6.45) is 0. The molecule has 0 amide bonds. The molecule has 0 aliphatic heterocycles. The minimum atomic E-state index is -0.731. The van der Waals surface area contributed by atoms with Crippen LogP contribution in [-0.4, -0.2) is 33.8 Å². The number of hydrogen-bond acceptors (Lipinski definition) is 6. The molecule has 0 radical (unpaired) electrons. The van der Waals surface area contributed by atoms with Gasteiger partial charge in [-0.1, -0.05) is 59.8 Å². The number of ether oxygens (including phenoxy) is 2. The summed E-state index contributed by atoms with van der Waals surface area (Å²) in [6.45, 7) is -0.0705. The van der Waals surface area contributed by atoms with Gasteiger partial charge in [-0.2, -0.15) is 0 Å². The summed E-state index contributed by atoms with van der Waals surface area (Å²) in [7, 11) is 0. The van der Waals surface area contributed by atoms with E-state index in [1.165, 1.54) is 23.9 Å². The Balaban J connectivity index is 1.38. The van der Waals surface area contributed by atoms with E-state index in [1.807, 2.05) is 28.8 Å². The minimum absolute atomic E-state index is 0.0495. The fourth-order valence-corrected chi connectivity index (χ4v) is 4.06. The highest BCUT2D eigenvalue weighted by Gasteiger charge is 2.16. The number of imidazole rings is 1. The summed E-state index contributed by atoms with van der Waals surface area (Å²) in [5.74, 6) is -1.48. The molecule has 0 atom stereocenters. The molecule has 0 saturated heterocycles. The van der Waals surface area contributed by atoms with Crippen LogP contribution >= 0.6 is 23.4 Å². The fraction of sp³-hybridized carbons (Fsp3) is 0.125. The van der Waals surface area contributed by atoms with Gasteiger partial charge >= 0.3 is 11.9 Å². The van der Waals surface area contributed by atoms with Crippen LogP contribution in [0.15, 0.2) is 78.0 Å². The average Bonchev–Trinajstić information content (AvgIpc) is 3.16. The molecule has 0 unspecified atom stereocenters. The second-order valence-corrected chi connectivity index (χ2v) is 8.30. The summed E-state index contributed by atoms with van der Waals surface area (Å²) in [4.78, 5) is 28.7. The Morgan fingerprint density at radius 1 is 0.970 bits per heavy atom. The molecule has 4 rings (SSSR count). The van der Waals surface area contributed by atoms with Gasteiger partial charge in [-0.15, -0.1) is 0 Å². The molecule has 4 aromatic rings. The van der Waals surface area contributed by atoms with E-state index in [1.54, 1.807) is 36.4 Å². The number of fused-ring (bicyclic) bond motifs is 1. The predicted octanol–water partition coefficient (Wildman–Crippen LogP) is 5.12. The third-order valence-corrected chi connectivity index (χ3v) is 5.87. The van der Waals surface area contributed by atoms with Crippen molar-refractivity contribution in [2.45, 2.75) is 11.7 Å². The van der Waals surface area contributed by atoms with Gasteiger partial charge in [0.05, 0.1) is 28.4 Å². The molecule has 0 aliphatic carbocycles. The van der Waals surface area contributed by atoms with Crippen LogP contribution in [0, 0.1) is 5.82 Å². The Bertz CT molecular complexity index is 1290. The van der Waals surface area contributed by atoms with Gasteiger partial charge in [0.1, 0.15) is 11.6 Å². The van der Waals surface area contributed by atoms with E-state index < -0.39 is 18.5 Å². The van der Waals surface area contributed by atoms with Crippen LogP contribution in [0.4, 0.5) is 4.39 Å². The summed E-state index contributed by atoms with van der Waals surface area (Å²) in [6, 6.07) is 20.3. The van der Waals surface area contributed by atoms with Crippen LogP contribution in [0.1, 0.15) is 5.56 Å². The normalized spacial score (nSPS) is 10.8. The van der Waals surface area contributed by atoms with Crippen molar-refractivity contribution in [3.05, 3.63) is 89.2 Å². The number of esters is 2. The highest BCUT2D eigenvalue weighted by Crippen LogP contribution is 2.26. The number of thioether (sulfide) groups is 1. The average molecular weight is 485 g/mol. The molecular formula is C24H18ClFN2O4S. The van der Waals surface area contributed by atoms with E-state index >= 15 is 0 Å². The van der Waals surface area contributed by atoms with Crippen molar-refractivity contribution < 1.29 is 23.5 Å². The Kier molecular flexibility index (Phi) is 7.26. The largest absolute Gasteiger partial charge is 0.453 e. The molecule has 33 heavy (non-hydrogen) atoms. The van der Waals surface area contributed by atoms with Crippen LogP contribution in [0.5, 0.6) is 5.75 Å². The van der Waals surface area contributed by atoms with Crippen LogP contribution < -0.4 is 4.74 Å². The maximum absolute atomic E-state index is 13.3. The number of halogens is 2. The fourth-order valence-electron chi connectivity index (χ4n) is 3.07. The van der Waals surface area contributed by atoms with E-state index in [-0.39, 0.29) is 22.3 Å². The van der Waals surface area contributed by atoms with Gasteiger partial charge in [-0.25, -0.2) is 14.2 Å². The SMILES string of the molecule is O=C(CSc1nc2ccccc2n1Cc1ccc(F)cc1)OCC(=O)Oc1ccccc1Cl. The van der Waals surface area contributed by atoms with Gasteiger partial charge < -0.3 is 14.0 Å². The number of carbonyl (C=O) groups is 2. The first-order chi connectivity index (χ1) is 16.0. The van der Waals surface area contributed by atoms with Crippen LogP contribution in [-0.2, 0) is 20.9 Å². The van der Waals surface area contributed by atoms with Crippen LogP contribution in [0.25, 0.3) is 11.0 Å². The molecule has 0 bridgehead atoms. The zero-order valence-corrected chi connectivity index (χ0v) is 18.8. The lowest BCUT2D eigenvalue weighted by Crippen LogP contribution is -2.20. The molecule has 168 valence electrons. The Morgan fingerprint density at radius 2 is 1.70 bits per heavy atom. The van der Waals surface area contributed by atoms with E-state index in [9.17, 15) is 14.0 Å². The monoisotopic (exact) mass is 484 g/mol. The van der Waals surface area contributed by atoms with Gasteiger partial charge in [0, 0.05) is 0 Å². The first-order valence-corrected chi connectivity index (χ1v) is 11.3. The first-order valence-electron chi connectivity index (χ1n) is 9.93. The van der Waals surface area contributed by atoms with Crippen molar-refractivity contribution in [1.29, 1.82) is 0 Å². The molecule has 0 spiro atoms. The summed E-state index contributed by atoms with van der Waals surface area (Å²) in [5.41, 5.74) is 2.56. The topological polar surface area (TPSA) is 70.4 Å². The van der Waals surface area contributed by atoms with Crippen LogP contribution in [0.3, 0.4) is 0 Å². The Hall–Kier alpha value is -3.36. The van der Waals surface area contributed by atoms with Crippen molar-refractivity contribution >= 4 is 46.3 Å². The Labute approximate surface area is 198 Å². The van der Waals surface area contributed by atoms with Crippen LogP contribution in [0.2, 0.25) is 5.02 Å². The number of para-hydroxylation sites is 3. The number of benzene rings is 3. The van der Waals surface area contributed by atoms with Crippen molar-refractivity contribution in [3.8, 4) is 5.75 Å². The molecule has 0 aliphatic rings. The molecule has 1 heterocycles. The van der Waals surface area contributed by atoms with Gasteiger partial charge in [-0.05, 0) is 42.0 Å². The van der Waals surface area contributed by atoms with Crippen molar-refractivity contribution in [2.24, 2.45) is 0 Å². The number of carbonyl (C=O) groups excluding carboxylic acids is 2. The highest BCUT2D eigenvalue weighted by molar-refractivity contribution is 7.99. The van der Waals surface area contributed by atoms with E-state index in [2.05, 4.69) is 4.98 Å². The second-order valence-electron chi connectivity index (χ2n) is 6.95. The maximum atomic E-state index is 13.3. The van der Waals surface area contributed by atoms with E-state index in [0.717, 1.165) is 16.6 Å². The maximum Gasteiger partial charge on any atom is 0.349 e. The predicted molar refractivity (Wildman–Crippen MR) is 124 cm³/mol. The van der Waals surface area contributed by atoms with Crippen molar-refractivity contribution in [2.75, 3.05) is 12.4 Å². The molecule has 0 saturated carbocycles. The van der Waals surface area contributed by atoms with E-state index in [0.29, 0.717) is 11.7 Å². The quantitative estimate of drug-likeness (QED) is 0.196. The number of nitrogens with zero attached hydrogens (tertiary/aromatic N) is 2. The third kappa shape index (κ3) is 5.91. The lowest BCUT2D eigenvalue weighted by atomic mass is 10.2. The molecule has 0 fully saturated rings. The van der Waals surface area contributed by atoms with Crippen molar-refractivity contribution in [1.82, 2.24) is 9.55 Å². The highest BCUT2D eigenvalue weighted by atomic mass is 35.5. The smallest absolute Gasteiger partial charge is 0.349 e. The number of aromatic nitrogens is 2. The number of rotatable bonds is 8. The van der Waals surface area contributed by atoms with E-state index in [4.69, 9.17) is 21.1 Å². The summed E-state index contributed by atoms with van der Waals surface area (Å²) >= 11 is 7.14. The lowest BCUT2D eigenvalue weighted by molar-refractivity contribution is -0.151. The zero-order chi connectivity index (χ0) is 23.2.